The molecule has 106 valence electrons. The largest absolute Gasteiger partial charge is 0.375 e. The summed E-state index contributed by atoms with van der Waals surface area (Å²) in [5, 5.41) is 2.99. The zero-order valence-electron chi connectivity index (χ0n) is 10.5. The summed E-state index contributed by atoms with van der Waals surface area (Å²) in [6, 6.07) is 0. The highest BCUT2D eigenvalue weighted by atomic mass is 19.3. The summed E-state index contributed by atoms with van der Waals surface area (Å²) in [6.45, 7) is 1.71. The Labute approximate surface area is 105 Å². The lowest BCUT2D eigenvalue weighted by Crippen LogP contribution is -2.48. The van der Waals surface area contributed by atoms with Gasteiger partial charge in [0.15, 0.2) is 0 Å². The van der Waals surface area contributed by atoms with E-state index in [2.05, 4.69) is 10.1 Å². The van der Waals surface area contributed by atoms with E-state index >= 15 is 0 Å². The number of likely N-dealkylation sites (N-methyl/N-ethyl adjacent to an activating group) is 1. The molecule has 1 heterocycles. The molecule has 0 aromatic carbocycles. The van der Waals surface area contributed by atoms with Crippen molar-refractivity contribution in [1.29, 1.82) is 0 Å². The van der Waals surface area contributed by atoms with Gasteiger partial charge in [0, 0.05) is 19.6 Å². The van der Waals surface area contributed by atoms with Crippen molar-refractivity contribution in [2.75, 3.05) is 46.5 Å². The molecule has 1 N–H and O–H groups in total. The Morgan fingerprint density at radius 3 is 3.06 bits per heavy atom. The topological polar surface area (TPSA) is 50.8 Å². The molecule has 5 nitrogen and oxygen atoms in total. The molecule has 1 saturated heterocycles. The van der Waals surface area contributed by atoms with Crippen molar-refractivity contribution in [3.8, 4) is 0 Å². The van der Waals surface area contributed by atoms with Gasteiger partial charge in [0.05, 0.1) is 25.7 Å². The second kappa shape index (κ2) is 8.34. The lowest BCUT2D eigenvalue weighted by Gasteiger charge is -2.33. The van der Waals surface area contributed by atoms with E-state index in [1.165, 1.54) is 0 Å². The average Bonchev–Trinajstić information content (AvgIpc) is 2.35. The zero-order valence-corrected chi connectivity index (χ0v) is 10.5. The second-order valence-electron chi connectivity index (χ2n) is 4.11. The van der Waals surface area contributed by atoms with Crippen LogP contribution < -0.4 is 5.32 Å². The highest BCUT2D eigenvalue weighted by molar-refractivity contribution is 5.76. The van der Waals surface area contributed by atoms with Gasteiger partial charge in [-0.05, 0) is 7.05 Å². The van der Waals surface area contributed by atoms with Crippen molar-refractivity contribution in [3.05, 3.63) is 0 Å². The first-order valence-electron chi connectivity index (χ1n) is 6.03. The molecule has 0 aromatic rings. The van der Waals surface area contributed by atoms with Crippen molar-refractivity contribution in [1.82, 2.24) is 10.2 Å². The summed E-state index contributed by atoms with van der Waals surface area (Å²) in [4.78, 5) is 13.5. The molecule has 0 aromatic heterocycles. The standard InChI is InChI=1S/C11H20F2N2O3/c1-14-6-9-7-15(3-5-18-9)11(16)2-4-17-8-10(12)13/h9-10,14H,2-8H2,1H3. The van der Waals surface area contributed by atoms with E-state index in [4.69, 9.17) is 4.74 Å². The van der Waals surface area contributed by atoms with E-state index < -0.39 is 13.0 Å². The third-order valence-electron chi connectivity index (χ3n) is 2.63. The molecule has 18 heavy (non-hydrogen) atoms. The van der Waals surface area contributed by atoms with Crippen LogP contribution >= 0.6 is 0 Å². The van der Waals surface area contributed by atoms with Crippen LogP contribution in [0.15, 0.2) is 0 Å². The highest BCUT2D eigenvalue weighted by Gasteiger charge is 2.23. The number of carbonyl (C=O) groups is 1. The van der Waals surface area contributed by atoms with Crippen molar-refractivity contribution < 1.29 is 23.0 Å². The fourth-order valence-corrected chi connectivity index (χ4v) is 1.79. The molecule has 0 saturated carbocycles. The van der Waals surface area contributed by atoms with Gasteiger partial charge in [-0.3, -0.25) is 4.79 Å². The first-order chi connectivity index (χ1) is 8.63. The van der Waals surface area contributed by atoms with E-state index in [0.29, 0.717) is 26.2 Å². The molecule has 1 amide bonds. The van der Waals surface area contributed by atoms with Crippen LogP contribution in [0.1, 0.15) is 6.42 Å². The fourth-order valence-electron chi connectivity index (χ4n) is 1.79. The van der Waals surface area contributed by atoms with Gasteiger partial charge in [-0.25, -0.2) is 8.78 Å². The molecular weight excluding hydrogens is 246 g/mol. The molecule has 1 rings (SSSR count). The molecule has 1 unspecified atom stereocenters. The number of amides is 1. The number of carbonyl (C=O) groups excluding carboxylic acids is 1. The minimum atomic E-state index is -2.48. The molecular formula is C11H20F2N2O3. The van der Waals surface area contributed by atoms with Crippen molar-refractivity contribution in [2.45, 2.75) is 19.0 Å². The van der Waals surface area contributed by atoms with Crippen molar-refractivity contribution in [3.63, 3.8) is 0 Å². The predicted octanol–water partition coefficient (Wildman–Crippen LogP) is 0.105. The smallest absolute Gasteiger partial charge is 0.261 e. The maximum absolute atomic E-state index is 11.8. The fraction of sp³-hybridized carbons (Fsp3) is 0.909. The number of rotatable bonds is 7. The minimum absolute atomic E-state index is 0.00492. The number of ether oxygens (including phenoxy) is 2. The Morgan fingerprint density at radius 2 is 2.39 bits per heavy atom. The van der Waals surface area contributed by atoms with E-state index in [1.807, 2.05) is 7.05 Å². The maximum Gasteiger partial charge on any atom is 0.261 e. The van der Waals surface area contributed by atoms with Gasteiger partial charge in [0.2, 0.25) is 5.91 Å². The molecule has 0 spiro atoms. The Bertz CT molecular complexity index is 252. The van der Waals surface area contributed by atoms with Crippen LogP contribution in [0.25, 0.3) is 0 Å². The van der Waals surface area contributed by atoms with Gasteiger partial charge in [0.25, 0.3) is 6.43 Å². The Morgan fingerprint density at radius 1 is 1.61 bits per heavy atom. The molecule has 0 bridgehead atoms. The summed E-state index contributed by atoms with van der Waals surface area (Å²) in [7, 11) is 1.82. The SMILES string of the molecule is CNCC1CN(C(=O)CCOCC(F)F)CCO1. The van der Waals surface area contributed by atoms with Gasteiger partial charge in [-0.2, -0.15) is 0 Å². The molecule has 1 aliphatic rings. The van der Waals surface area contributed by atoms with Crippen LogP contribution in [-0.4, -0.2) is 69.8 Å². The third kappa shape index (κ3) is 5.70. The van der Waals surface area contributed by atoms with E-state index in [9.17, 15) is 13.6 Å². The first kappa shape index (κ1) is 15.3. The van der Waals surface area contributed by atoms with Gasteiger partial charge >= 0.3 is 0 Å². The van der Waals surface area contributed by atoms with Gasteiger partial charge in [-0.15, -0.1) is 0 Å². The van der Waals surface area contributed by atoms with E-state index in [1.54, 1.807) is 4.90 Å². The summed E-state index contributed by atoms with van der Waals surface area (Å²) >= 11 is 0. The molecule has 0 aliphatic carbocycles. The van der Waals surface area contributed by atoms with Crippen LogP contribution in [0.4, 0.5) is 8.78 Å². The predicted molar refractivity (Wildman–Crippen MR) is 61.7 cm³/mol. The number of hydrogen-bond donors (Lipinski definition) is 1. The summed E-state index contributed by atoms with van der Waals surface area (Å²) in [5.41, 5.74) is 0. The Hall–Kier alpha value is -0.790. The number of hydrogen-bond acceptors (Lipinski definition) is 4. The van der Waals surface area contributed by atoms with E-state index in [-0.39, 0.29) is 25.0 Å². The average molecular weight is 266 g/mol. The molecule has 1 aliphatic heterocycles. The van der Waals surface area contributed by atoms with Crippen LogP contribution in [0.3, 0.4) is 0 Å². The lowest BCUT2D eigenvalue weighted by molar-refractivity contribution is -0.140. The Balaban J connectivity index is 2.20. The number of alkyl halides is 2. The van der Waals surface area contributed by atoms with Crippen LogP contribution in [0.5, 0.6) is 0 Å². The molecule has 7 heteroatoms. The van der Waals surface area contributed by atoms with Gasteiger partial charge < -0.3 is 19.7 Å². The van der Waals surface area contributed by atoms with Crippen LogP contribution in [0.2, 0.25) is 0 Å². The highest BCUT2D eigenvalue weighted by Crippen LogP contribution is 2.06. The van der Waals surface area contributed by atoms with Crippen LogP contribution in [-0.2, 0) is 14.3 Å². The molecule has 1 fully saturated rings. The maximum atomic E-state index is 11.8. The summed E-state index contributed by atoms with van der Waals surface area (Å²) < 4.78 is 33.8. The van der Waals surface area contributed by atoms with Gasteiger partial charge in [0.1, 0.15) is 6.61 Å². The molecule has 1 atom stereocenters. The number of nitrogens with one attached hydrogen (secondary N) is 1. The summed E-state index contributed by atoms with van der Waals surface area (Å²) in [5.74, 6) is -0.0753. The number of halogens is 2. The molecule has 0 radical (unpaired) electrons. The first-order valence-corrected chi connectivity index (χ1v) is 6.03. The Kier molecular flexibility index (Phi) is 7.07. The van der Waals surface area contributed by atoms with Crippen LogP contribution in [0, 0.1) is 0 Å². The van der Waals surface area contributed by atoms with E-state index in [0.717, 1.165) is 0 Å². The van der Waals surface area contributed by atoms with Crippen molar-refractivity contribution >= 4 is 5.91 Å². The second-order valence-corrected chi connectivity index (χ2v) is 4.11. The van der Waals surface area contributed by atoms with Crippen molar-refractivity contribution in [2.24, 2.45) is 0 Å². The summed E-state index contributed by atoms with van der Waals surface area (Å²) in [6.07, 6.45) is -2.35. The quantitative estimate of drug-likeness (QED) is 0.664. The normalized spacial score (nSPS) is 20.4. The lowest BCUT2D eigenvalue weighted by atomic mass is 10.2. The minimum Gasteiger partial charge on any atom is -0.375 e. The zero-order chi connectivity index (χ0) is 13.4. The van der Waals surface area contributed by atoms with Gasteiger partial charge in [-0.1, -0.05) is 0 Å². The monoisotopic (exact) mass is 266 g/mol. The number of morpholine rings is 1. The number of nitrogens with zero attached hydrogens (tertiary/aromatic N) is 1. The third-order valence-corrected chi connectivity index (χ3v) is 2.63.